The third-order valence-electron chi connectivity index (χ3n) is 7.18. The summed E-state index contributed by atoms with van der Waals surface area (Å²) in [6.45, 7) is 0. The topological polar surface area (TPSA) is 112 Å². The van der Waals surface area contributed by atoms with E-state index in [0.29, 0.717) is 28.2 Å². The fraction of sp³-hybridized carbons (Fsp3) is 0.138. The first kappa shape index (κ1) is 22.3. The number of pyridine rings is 3. The highest BCUT2D eigenvalue weighted by Crippen LogP contribution is 2.35. The van der Waals surface area contributed by atoms with E-state index in [1.165, 1.54) is 6.07 Å². The number of anilines is 1. The third kappa shape index (κ3) is 3.80. The van der Waals surface area contributed by atoms with Crippen molar-refractivity contribution in [1.82, 2.24) is 30.1 Å². The van der Waals surface area contributed by atoms with Crippen LogP contribution in [0.5, 0.6) is 0 Å². The Hall–Kier alpha value is -4.92. The van der Waals surface area contributed by atoms with Gasteiger partial charge in [-0.3, -0.25) is 14.9 Å². The molecule has 3 N–H and O–H groups in total. The smallest absolute Gasteiger partial charge is 0.227 e. The summed E-state index contributed by atoms with van der Waals surface area (Å²) in [6, 6.07) is 14.3. The summed E-state index contributed by atoms with van der Waals surface area (Å²) in [5.74, 6) is -0.153. The van der Waals surface area contributed by atoms with E-state index in [2.05, 4.69) is 35.5 Å². The van der Waals surface area contributed by atoms with Gasteiger partial charge >= 0.3 is 0 Å². The summed E-state index contributed by atoms with van der Waals surface area (Å²) >= 11 is 0. The van der Waals surface area contributed by atoms with Crippen LogP contribution in [0.1, 0.15) is 19.3 Å². The summed E-state index contributed by atoms with van der Waals surface area (Å²) < 4.78 is 14.6. The number of nitrogens with zero attached hydrogens (tertiary/aromatic N) is 4. The van der Waals surface area contributed by atoms with Crippen molar-refractivity contribution in [3.05, 3.63) is 79.1 Å². The Balaban J connectivity index is 1.27. The quantitative estimate of drug-likeness (QED) is 0.263. The molecule has 9 heteroatoms. The van der Waals surface area contributed by atoms with E-state index < -0.39 is 0 Å². The van der Waals surface area contributed by atoms with Gasteiger partial charge < -0.3 is 10.3 Å². The van der Waals surface area contributed by atoms with Crippen LogP contribution in [0.15, 0.2) is 73.3 Å². The minimum atomic E-state index is -0.290. The molecule has 38 heavy (non-hydrogen) atoms. The number of carbonyl (C=O) groups is 1. The molecule has 1 fully saturated rings. The largest absolute Gasteiger partial charge is 0.338 e. The number of rotatable bonds is 5. The van der Waals surface area contributed by atoms with Gasteiger partial charge in [-0.15, -0.1) is 0 Å². The second kappa shape index (κ2) is 8.88. The maximum atomic E-state index is 14.6. The van der Waals surface area contributed by atoms with Crippen LogP contribution in [0.4, 0.5) is 10.1 Å². The highest BCUT2D eigenvalue weighted by atomic mass is 19.1. The molecule has 0 spiro atoms. The predicted molar refractivity (Wildman–Crippen MR) is 144 cm³/mol. The second-order valence-corrected chi connectivity index (χ2v) is 9.56. The Morgan fingerprint density at radius 2 is 1.79 bits per heavy atom. The number of H-pyrrole nitrogens is 2. The molecule has 1 amide bonds. The Labute approximate surface area is 216 Å². The summed E-state index contributed by atoms with van der Waals surface area (Å²) in [4.78, 5) is 29.1. The molecule has 1 aliphatic rings. The van der Waals surface area contributed by atoms with Crippen molar-refractivity contribution in [2.24, 2.45) is 5.92 Å². The Morgan fingerprint density at radius 3 is 2.63 bits per heavy atom. The van der Waals surface area contributed by atoms with Crippen molar-refractivity contribution in [2.75, 3.05) is 5.32 Å². The molecule has 0 radical (unpaired) electrons. The van der Waals surface area contributed by atoms with E-state index in [0.717, 1.165) is 52.4 Å². The van der Waals surface area contributed by atoms with E-state index in [1.807, 2.05) is 30.3 Å². The molecule has 1 saturated carbocycles. The zero-order valence-electron chi connectivity index (χ0n) is 20.2. The van der Waals surface area contributed by atoms with E-state index in [1.54, 1.807) is 36.9 Å². The van der Waals surface area contributed by atoms with Gasteiger partial charge in [0.2, 0.25) is 5.91 Å². The maximum Gasteiger partial charge on any atom is 0.227 e. The van der Waals surface area contributed by atoms with Crippen LogP contribution in [-0.4, -0.2) is 36.0 Å². The van der Waals surface area contributed by atoms with Gasteiger partial charge in [-0.05, 0) is 48.7 Å². The van der Waals surface area contributed by atoms with E-state index in [4.69, 9.17) is 0 Å². The number of hydrogen-bond donors (Lipinski definition) is 3. The molecule has 0 atom stereocenters. The molecule has 5 aromatic heterocycles. The summed E-state index contributed by atoms with van der Waals surface area (Å²) in [5.41, 5.74) is 6.28. The van der Waals surface area contributed by atoms with Crippen molar-refractivity contribution in [1.29, 1.82) is 0 Å². The maximum absolute atomic E-state index is 14.6. The second-order valence-electron chi connectivity index (χ2n) is 9.56. The average Bonchev–Trinajstić information content (AvgIpc) is 3.52. The number of aromatic amines is 2. The fourth-order valence-electron chi connectivity index (χ4n) is 4.92. The van der Waals surface area contributed by atoms with Crippen molar-refractivity contribution in [3.63, 3.8) is 0 Å². The van der Waals surface area contributed by atoms with Crippen LogP contribution in [0.3, 0.4) is 0 Å². The molecule has 1 aliphatic carbocycles. The average molecular weight is 504 g/mol. The van der Waals surface area contributed by atoms with Gasteiger partial charge in [0.1, 0.15) is 17.2 Å². The molecule has 0 bridgehead atoms. The molecule has 7 rings (SSSR count). The first-order valence-corrected chi connectivity index (χ1v) is 12.5. The van der Waals surface area contributed by atoms with Crippen LogP contribution >= 0.6 is 0 Å². The van der Waals surface area contributed by atoms with Crippen molar-refractivity contribution >= 4 is 33.7 Å². The van der Waals surface area contributed by atoms with Gasteiger partial charge in [-0.25, -0.2) is 14.4 Å². The normalized spacial score (nSPS) is 13.6. The van der Waals surface area contributed by atoms with Gasteiger partial charge in [-0.1, -0.05) is 24.6 Å². The number of fused-ring (bicyclic) bond motifs is 2. The molecule has 6 aromatic rings. The minimum Gasteiger partial charge on any atom is -0.338 e. The highest BCUT2D eigenvalue weighted by molar-refractivity contribution is 6.00. The number of hydrogen-bond acceptors (Lipinski definition) is 5. The number of benzene rings is 1. The number of halogens is 1. The molecular weight excluding hydrogens is 481 g/mol. The zero-order chi connectivity index (χ0) is 25.6. The van der Waals surface area contributed by atoms with Gasteiger partial charge in [0.05, 0.1) is 17.6 Å². The third-order valence-corrected chi connectivity index (χ3v) is 7.18. The van der Waals surface area contributed by atoms with Crippen LogP contribution in [0.2, 0.25) is 0 Å². The Morgan fingerprint density at radius 1 is 0.921 bits per heavy atom. The standard InChI is InChI=1S/C29H22FN7O/c30-24-7-2-1-6-21(24)20-8-9-32-27-22(20)12-25(35-27)26-23-11-18(14-33-28(23)37-36-26)17-10-19(15-31-13-17)34-29(38)16-4-3-5-16/h1-2,6-16H,3-5H2,(H,32,35)(H,34,38)(H,33,36,37). The van der Waals surface area contributed by atoms with Gasteiger partial charge in [0, 0.05) is 52.0 Å². The van der Waals surface area contributed by atoms with Crippen molar-refractivity contribution in [2.45, 2.75) is 19.3 Å². The molecule has 1 aromatic carbocycles. The SMILES string of the molecule is O=C(Nc1cncc(-c2cnc3[nH]nc(-c4cc5c(-c6ccccc6F)ccnc5[nH]4)c3c2)c1)C1CCC1. The van der Waals surface area contributed by atoms with Crippen LogP contribution in [0.25, 0.3) is 55.7 Å². The number of nitrogens with one attached hydrogen (secondary N) is 3. The molecule has 186 valence electrons. The lowest BCUT2D eigenvalue weighted by Crippen LogP contribution is -2.28. The molecular formula is C29H22FN7O. The molecule has 8 nitrogen and oxygen atoms in total. The molecule has 0 aliphatic heterocycles. The van der Waals surface area contributed by atoms with E-state index in [-0.39, 0.29) is 17.6 Å². The van der Waals surface area contributed by atoms with Crippen molar-refractivity contribution < 1.29 is 9.18 Å². The summed E-state index contributed by atoms with van der Waals surface area (Å²) in [6.07, 6.45) is 9.79. The summed E-state index contributed by atoms with van der Waals surface area (Å²) in [7, 11) is 0. The van der Waals surface area contributed by atoms with Gasteiger partial charge in [0.25, 0.3) is 0 Å². The Bertz CT molecular complexity index is 1840. The first-order valence-electron chi connectivity index (χ1n) is 12.5. The van der Waals surface area contributed by atoms with Crippen LogP contribution in [-0.2, 0) is 4.79 Å². The first-order chi connectivity index (χ1) is 18.6. The highest BCUT2D eigenvalue weighted by Gasteiger charge is 2.25. The number of aromatic nitrogens is 6. The molecule has 0 unspecified atom stereocenters. The summed E-state index contributed by atoms with van der Waals surface area (Å²) in [5, 5.41) is 12.1. The molecule has 5 heterocycles. The van der Waals surface area contributed by atoms with Gasteiger partial charge in [0.15, 0.2) is 5.65 Å². The lowest BCUT2D eigenvalue weighted by Gasteiger charge is -2.24. The van der Waals surface area contributed by atoms with Gasteiger partial charge in [-0.2, -0.15) is 5.10 Å². The Kier molecular flexibility index (Phi) is 5.21. The van der Waals surface area contributed by atoms with Crippen LogP contribution < -0.4 is 5.32 Å². The van der Waals surface area contributed by atoms with Crippen LogP contribution in [0, 0.1) is 11.7 Å². The van der Waals surface area contributed by atoms with E-state index in [9.17, 15) is 9.18 Å². The fourth-order valence-corrected chi connectivity index (χ4v) is 4.92. The lowest BCUT2D eigenvalue weighted by molar-refractivity contribution is -0.122. The lowest BCUT2D eigenvalue weighted by atomic mass is 9.85. The van der Waals surface area contributed by atoms with Crippen molar-refractivity contribution in [3.8, 4) is 33.6 Å². The number of carbonyl (C=O) groups excluding carboxylic acids is 1. The van der Waals surface area contributed by atoms with E-state index >= 15 is 0 Å². The zero-order valence-corrected chi connectivity index (χ0v) is 20.2. The predicted octanol–water partition coefficient (Wildman–Crippen LogP) is 6.11. The number of amides is 1. The minimum absolute atomic E-state index is 0.0445. The monoisotopic (exact) mass is 503 g/mol. The molecule has 0 saturated heterocycles.